The fraction of sp³-hybridized carbons (Fsp3) is 0.200. The second kappa shape index (κ2) is 8.18. The number of ether oxygens (including phenoxy) is 3. The average Bonchev–Trinajstić information content (AvgIpc) is 3.17. The van der Waals surface area contributed by atoms with Crippen molar-refractivity contribution in [3.8, 4) is 34.3 Å². The molecular weight excluding hydrogens is 434 g/mol. The Kier molecular flexibility index (Phi) is 4.87. The van der Waals surface area contributed by atoms with Crippen LogP contribution in [0.3, 0.4) is 0 Å². The zero-order valence-electron chi connectivity index (χ0n) is 18.5. The number of hydrogen-bond donors (Lipinski definition) is 0. The monoisotopic (exact) mass is 455 g/mol. The van der Waals surface area contributed by atoms with Gasteiger partial charge in [-0.25, -0.2) is 4.98 Å². The van der Waals surface area contributed by atoms with Crippen molar-refractivity contribution in [3.05, 3.63) is 71.3 Å². The maximum absolute atomic E-state index is 13.3. The molecule has 6 rings (SSSR count). The second-order valence-electron chi connectivity index (χ2n) is 7.83. The normalized spacial score (nSPS) is 13.2. The van der Waals surface area contributed by atoms with Gasteiger partial charge in [-0.05, 0) is 55.5 Å². The molecule has 0 spiro atoms. The molecule has 0 bridgehead atoms. The van der Waals surface area contributed by atoms with Gasteiger partial charge in [-0.1, -0.05) is 0 Å². The van der Waals surface area contributed by atoms with E-state index in [9.17, 15) is 4.79 Å². The molecule has 5 aromatic rings. The van der Waals surface area contributed by atoms with Crippen LogP contribution in [0.1, 0.15) is 13.3 Å². The van der Waals surface area contributed by atoms with Crippen LogP contribution >= 0.6 is 0 Å². The topological polar surface area (TPSA) is 92.8 Å². The van der Waals surface area contributed by atoms with E-state index >= 15 is 0 Å². The van der Waals surface area contributed by atoms with Crippen LogP contribution < -0.4 is 19.8 Å². The van der Waals surface area contributed by atoms with Crippen LogP contribution in [-0.4, -0.2) is 44.0 Å². The Labute approximate surface area is 194 Å². The third-order valence-corrected chi connectivity index (χ3v) is 5.67. The van der Waals surface area contributed by atoms with E-state index in [-0.39, 0.29) is 5.56 Å². The molecule has 9 nitrogen and oxygen atoms in total. The van der Waals surface area contributed by atoms with Crippen molar-refractivity contribution < 1.29 is 14.2 Å². The molecule has 0 unspecified atom stereocenters. The van der Waals surface area contributed by atoms with Gasteiger partial charge in [0.25, 0.3) is 11.3 Å². The first-order valence-corrected chi connectivity index (χ1v) is 11.1. The Morgan fingerprint density at radius 2 is 1.85 bits per heavy atom. The summed E-state index contributed by atoms with van der Waals surface area (Å²) in [5.74, 6) is 3.04. The molecule has 170 valence electrons. The van der Waals surface area contributed by atoms with Gasteiger partial charge in [-0.3, -0.25) is 9.36 Å². The van der Waals surface area contributed by atoms with Crippen molar-refractivity contribution in [2.24, 2.45) is 0 Å². The Hall–Kier alpha value is -4.40. The van der Waals surface area contributed by atoms with E-state index in [1.54, 1.807) is 21.5 Å². The molecule has 0 saturated carbocycles. The first kappa shape index (κ1) is 20.2. The SMILES string of the molecule is CCOc1ccc(-n2ccc3c(cnc4nc(-c5ccc6c(c5)OCCCO6)nn43)c2=O)cc1. The minimum atomic E-state index is -0.191. The summed E-state index contributed by atoms with van der Waals surface area (Å²) in [7, 11) is 0. The lowest BCUT2D eigenvalue weighted by molar-refractivity contribution is 0.297. The molecule has 34 heavy (non-hydrogen) atoms. The summed E-state index contributed by atoms with van der Waals surface area (Å²) in [6.07, 6.45) is 4.11. The van der Waals surface area contributed by atoms with Crippen LogP contribution in [0, 0.1) is 0 Å². The van der Waals surface area contributed by atoms with E-state index < -0.39 is 0 Å². The quantitative estimate of drug-likeness (QED) is 0.408. The van der Waals surface area contributed by atoms with Crippen LogP contribution in [0.5, 0.6) is 17.2 Å². The van der Waals surface area contributed by atoms with Crippen LogP contribution in [0.25, 0.3) is 33.8 Å². The van der Waals surface area contributed by atoms with E-state index in [2.05, 4.69) is 15.1 Å². The van der Waals surface area contributed by atoms with E-state index in [0.717, 1.165) is 23.4 Å². The lowest BCUT2D eigenvalue weighted by Gasteiger charge is -2.09. The summed E-state index contributed by atoms with van der Waals surface area (Å²) in [6.45, 7) is 3.74. The molecule has 0 fully saturated rings. The standard InChI is InChI=1S/C25H21N5O4/c1-2-32-18-7-5-17(6-8-18)29-11-10-20-19(24(29)31)15-26-25-27-23(28-30(20)25)16-4-9-21-22(14-16)34-13-3-12-33-21/h4-11,14-15H,2-3,12-13H2,1H3. The molecule has 4 heterocycles. The van der Waals surface area contributed by atoms with Gasteiger partial charge in [-0.2, -0.15) is 9.50 Å². The number of pyridine rings is 1. The molecule has 0 saturated heterocycles. The van der Waals surface area contributed by atoms with E-state index in [1.165, 1.54) is 0 Å². The number of fused-ring (bicyclic) bond motifs is 4. The zero-order chi connectivity index (χ0) is 23.1. The zero-order valence-corrected chi connectivity index (χ0v) is 18.5. The lowest BCUT2D eigenvalue weighted by atomic mass is 10.2. The molecule has 0 amide bonds. The third-order valence-electron chi connectivity index (χ3n) is 5.67. The number of aromatic nitrogens is 5. The Bertz CT molecular complexity index is 1570. The number of benzene rings is 2. The Morgan fingerprint density at radius 3 is 2.68 bits per heavy atom. The fourth-order valence-electron chi connectivity index (χ4n) is 4.02. The molecule has 0 atom stereocenters. The van der Waals surface area contributed by atoms with E-state index in [1.807, 2.05) is 55.5 Å². The van der Waals surface area contributed by atoms with Crippen molar-refractivity contribution in [2.75, 3.05) is 19.8 Å². The van der Waals surface area contributed by atoms with Gasteiger partial charge in [0.2, 0.25) is 0 Å². The van der Waals surface area contributed by atoms with Crippen molar-refractivity contribution >= 4 is 16.7 Å². The third kappa shape index (κ3) is 3.42. The van der Waals surface area contributed by atoms with Crippen molar-refractivity contribution in [2.45, 2.75) is 13.3 Å². The summed E-state index contributed by atoms with van der Waals surface area (Å²) in [5, 5.41) is 5.08. The predicted octanol–water partition coefficient (Wildman–Crippen LogP) is 3.66. The lowest BCUT2D eigenvalue weighted by Crippen LogP contribution is -2.18. The van der Waals surface area contributed by atoms with E-state index in [0.29, 0.717) is 53.8 Å². The highest BCUT2D eigenvalue weighted by Gasteiger charge is 2.16. The van der Waals surface area contributed by atoms with Crippen molar-refractivity contribution in [1.29, 1.82) is 0 Å². The maximum Gasteiger partial charge on any atom is 0.266 e. The summed E-state index contributed by atoms with van der Waals surface area (Å²) in [6, 6.07) is 14.9. The van der Waals surface area contributed by atoms with Gasteiger partial charge in [0.1, 0.15) is 5.75 Å². The predicted molar refractivity (Wildman–Crippen MR) is 126 cm³/mol. The highest BCUT2D eigenvalue weighted by atomic mass is 16.5. The molecule has 3 aromatic heterocycles. The molecule has 0 radical (unpaired) electrons. The van der Waals surface area contributed by atoms with Gasteiger partial charge in [-0.15, -0.1) is 5.10 Å². The first-order chi connectivity index (χ1) is 16.7. The minimum Gasteiger partial charge on any atom is -0.494 e. The largest absolute Gasteiger partial charge is 0.494 e. The fourth-order valence-corrected chi connectivity index (χ4v) is 4.02. The second-order valence-corrected chi connectivity index (χ2v) is 7.83. The summed E-state index contributed by atoms with van der Waals surface area (Å²) >= 11 is 0. The molecule has 1 aliphatic heterocycles. The summed E-state index contributed by atoms with van der Waals surface area (Å²) < 4.78 is 20.2. The highest BCUT2D eigenvalue weighted by molar-refractivity contribution is 5.79. The van der Waals surface area contributed by atoms with Crippen molar-refractivity contribution in [1.82, 2.24) is 24.1 Å². The molecule has 1 aliphatic rings. The van der Waals surface area contributed by atoms with E-state index in [4.69, 9.17) is 14.2 Å². The first-order valence-electron chi connectivity index (χ1n) is 11.1. The summed E-state index contributed by atoms with van der Waals surface area (Å²) in [4.78, 5) is 22.2. The van der Waals surface area contributed by atoms with Gasteiger partial charge in [0.15, 0.2) is 17.3 Å². The smallest absolute Gasteiger partial charge is 0.266 e. The number of nitrogens with zero attached hydrogens (tertiary/aromatic N) is 5. The van der Waals surface area contributed by atoms with Crippen LogP contribution in [0.2, 0.25) is 0 Å². The van der Waals surface area contributed by atoms with Gasteiger partial charge in [0.05, 0.1) is 30.7 Å². The van der Waals surface area contributed by atoms with Crippen LogP contribution in [0.4, 0.5) is 0 Å². The molecular formula is C25H21N5O4. The molecule has 0 aliphatic carbocycles. The number of hydrogen-bond acceptors (Lipinski definition) is 7. The highest BCUT2D eigenvalue weighted by Crippen LogP contribution is 2.33. The maximum atomic E-state index is 13.3. The van der Waals surface area contributed by atoms with Crippen LogP contribution in [-0.2, 0) is 0 Å². The summed E-state index contributed by atoms with van der Waals surface area (Å²) in [5.41, 5.74) is 1.96. The van der Waals surface area contributed by atoms with Gasteiger partial charge in [0, 0.05) is 30.1 Å². The van der Waals surface area contributed by atoms with Crippen molar-refractivity contribution in [3.63, 3.8) is 0 Å². The molecule has 9 heteroatoms. The number of rotatable bonds is 4. The minimum absolute atomic E-state index is 0.191. The Balaban J connectivity index is 1.42. The van der Waals surface area contributed by atoms with Gasteiger partial charge >= 0.3 is 0 Å². The molecule has 2 aromatic carbocycles. The van der Waals surface area contributed by atoms with Gasteiger partial charge < -0.3 is 14.2 Å². The average molecular weight is 455 g/mol. The molecule has 0 N–H and O–H groups in total. The Morgan fingerprint density at radius 1 is 1.03 bits per heavy atom. The van der Waals surface area contributed by atoms with Crippen LogP contribution in [0.15, 0.2) is 65.7 Å².